The monoisotopic (exact) mass is 696 g/mol. The molecule has 4 aromatic rings. The molecule has 0 amide bonds. The molecule has 228 valence electrons. The maximum atomic E-state index is 14.2. The van der Waals surface area contributed by atoms with E-state index in [1.54, 1.807) is 43.7 Å². The summed E-state index contributed by atoms with van der Waals surface area (Å²) < 4.78 is 25.6. The zero-order valence-electron chi connectivity index (χ0n) is 24.6. The van der Waals surface area contributed by atoms with Crippen LogP contribution in [-0.4, -0.2) is 30.9 Å². The van der Waals surface area contributed by atoms with Crippen molar-refractivity contribution in [2.24, 2.45) is 4.99 Å². The van der Waals surface area contributed by atoms with Crippen LogP contribution in [0.25, 0.3) is 6.08 Å². The highest BCUT2D eigenvalue weighted by Gasteiger charge is 2.33. The Morgan fingerprint density at radius 3 is 2.52 bits per heavy atom. The molecular weight excluding hydrogens is 668 g/mol. The first-order valence-electron chi connectivity index (χ1n) is 13.9. The van der Waals surface area contributed by atoms with Gasteiger partial charge in [-0.15, -0.1) is 0 Å². The lowest BCUT2D eigenvalue weighted by Crippen LogP contribution is -2.39. The molecule has 0 radical (unpaired) electrons. The number of hydrogen-bond acceptors (Lipinski definition) is 8. The van der Waals surface area contributed by atoms with Crippen LogP contribution in [0.4, 0.5) is 0 Å². The topological polar surface area (TPSA) is 88.4 Å². The van der Waals surface area contributed by atoms with E-state index in [1.807, 2.05) is 55.5 Å². The van der Waals surface area contributed by atoms with Crippen LogP contribution >= 0.6 is 38.9 Å². The van der Waals surface area contributed by atoms with Crippen LogP contribution < -0.4 is 29.1 Å². The molecule has 0 bridgehead atoms. The van der Waals surface area contributed by atoms with Gasteiger partial charge in [-0.05, 0) is 62.7 Å². The SMILES string of the molecule is CCOC(=O)C1=C(C)N=c2s/c(=C\c3cc(Br)cc(OC)c3OCc3ccccc3Cl)c(=O)n2[C@H]1c1ccc(OCC)cc1. The Labute approximate surface area is 272 Å². The highest BCUT2D eigenvalue weighted by molar-refractivity contribution is 9.10. The smallest absolute Gasteiger partial charge is 0.338 e. The predicted molar refractivity (Wildman–Crippen MR) is 174 cm³/mol. The van der Waals surface area contributed by atoms with Crippen molar-refractivity contribution in [3.05, 3.63) is 118 Å². The normalized spacial score (nSPS) is 14.6. The van der Waals surface area contributed by atoms with Crippen LogP contribution in [0.2, 0.25) is 5.02 Å². The van der Waals surface area contributed by atoms with E-state index in [2.05, 4.69) is 20.9 Å². The van der Waals surface area contributed by atoms with Gasteiger partial charge in [-0.3, -0.25) is 9.36 Å². The Morgan fingerprint density at radius 2 is 1.84 bits per heavy atom. The second kappa shape index (κ2) is 13.8. The van der Waals surface area contributed by atoms with Crippen molar-refractivity contribution < 1.29 is 23.7 Å². The number of halogens is 2. The average Bonchev–Trinajstić information content (AvgIpc) is 3.30. The summed E-state index contributed by atoms with van der Waals surface area (Å²) in [4.78, 5) is 32.5. The van der Waals surface area contributed by atoms with E-state index in [1.165, 1.54) is 11.3 Å². The fraction of sp³-hybridized carbons (Fsp3) is 0.242. The van der Waals surface area contributed by atoms with Gasteiger partial charge in [0.2, 0.25) is 0 Å². The molecule has 1 atom stereocenters. The number of carbonyl (C=O) groups is 1. The molecule has 1 aromatic heterocycles. The number of aromatic nitrogens is 1. The van der Waals surface area contributed by atoms with E-state index in [0.717, 1.165) is 15.6 Å². The third kappa shape index (κ3) is 6.47. The molecule has 0 fully saturated rings. The Hall–Kier alpha value is -3.86. The minimum atomic E-state index is -0.740. The van der Waals surface area contributed by atoms with Crippen LogP contribution in [0.1, 0.15) is 43.5 Å². The van der Waals surface area contributed by atoms with Gasteiger partial charge >= 0.3 is 5.97 Å². The first kappa shape index (κ1) is 31.6. The lowest BCUT2D eigenvalue weighted by molar-refractivity contribution is -0.139. The Balaban J connectivity index is 1.66. The summed E-state index contributed by atoms with van der Waals surface area (Å²) in [6, 6.07) is 17.7. The predicted octanol–water partition coefficient (Wildman–Crippen LogP) is 6.20. The van der Waals surface area contributed by atoms with Crippen molar-refractivity contribution in [1.82, 2.24) is 4.57 Å². The van der Waals surface area contributed by atoms with Crippen molar-refractivity contribution in [1.29, 1.82) is 0 Å². The summed E-state index contributed by atoms with van der Waals surface area (Å²) in [6.45, 7) is 6.31. The van der Waals surface area contributed by atoms with Crippen LogP contribution in [-0.2, 0) is 16.1 Å². The van der Waals surface area contributed by atoms with E-state index in [9.17, 15) is 9.59 Å². The fourth-order valence-electron chi connectivity index (χ4n) is 4.93. The molecule has 0 spiro atoms. The first-order chi connectivity index (χ1) is 21.2. The fourth-order valence-corrected chi connectivity index (χ4v) is 6.61. The van der Waals surface area contributed by atoms with Crippen LogP contribution in [0.5, 0.6) is 17.2 Å². The van der Waals surface area contributed by atoms with Crippen LogP contribution in [0, 0.1) is 0 Å². The van der Waals surface area contributed by atoms with Gasteiger partial charge in [-0.1, -0.05) is 69.2 Å². The first-order valence-corrected chi connectivity index (χ1v) is 15.9. The molecule has 1 aliphatic heterocycles. The third-order valence-corrected chi connectivity index (χ3v) is 8.72. The number of benzene rings is 3. The Bertz CT molecular complexity index is 1920. The summed E-state index contributed by atoms with van der Waals surface area (Å²) in [5.74, 6) is 1.11. The largest absolute Gasteiger partial charge is 0.494 e. The van der Waals surface area contributed by atoms with Gasteiger partial charge in [0, 0.05) is 20.6 Å². The summed E-state index contributed by atoms with van der Waals surface area (Å²) in [7, 11) is 1.55. The average molecular weight is 698 g/mol. The number of thiazole rings is 1. The molecule has 0 saturated carbocycles. The molecule has 8 nitrogen and oxygen atoms in total. The van der Waals surface area contributed by atoms with E-state index in [-0.39, 0.29) is 18.8 Å². The number of hydrogen-bond donors (Lipinski definition) is 0. The Kier molecular flexibility index (Phi) is 9.93. The molecular formula is C33H30BrClN2O6S. The van der Waals surface area contributed by atoms with E-state index < -0.39 is 12.0 Å². The molecule has 11 heteroatoms. The summed E-state index contributed by atoms with van der Waals surface area (Å²) in [5, 5.41) is 0.584. The molecule has 3 aromatic carbocycles. The van der Waals surface area contributed by atoms with Gasteiger partial charge in [0.05, 0.1) is 42.2 Å². The number of esters is 1. The molecule has 0 saturated heterocycles. The van der Waals surface area contributed by atoms with Gasteiger partial charge in [0.1, 0.15) is 12.4 Å². The number of carbonyl (C=O) groups excluding carboxylic acids is 1. The third-order valence-electron chi connectivity index (χ3n) is 6.91. The number of rotatable bonds is 10. The molecule has 5 rings (SSSR count). The lowest BCUT2D eigenvalue weighted by atomic mass is 9.96. The van der Waals surface area contributed by atoms with Gasteiger partial charge in [-0.25, -0.2) is 9.79 Å². The quantitative estimate of drug-likeness (QED) is 0.184. The van der Waals surface area contributed by atoms with Crippen molar-refractivity contribution in [3.8, 4) is 17.2 Å². The zero-order valence-corrected chi connectivity index (χ0v) is 27.7. The summed E-state index contributed by atoms with van der Waals surface area (Å²) in [6.07, 6.45) is 1.75. The molecule has 44 heavy (non-hydrogen) atoms. The standard InChI is InChI=1S/C33H30BrClN2O6S/c1-5-41-24-13-11-20(12-14-24)29-28(32(39)42-6-2)19(3)36-33-37(29)31(38)27(44-33)16-22-15-23(34)17-26(40-4)30(22)43-18-21-9-7-8-10-25(21)35/h7-17,29H,5-6,18H2,1-4H3/b27-16-/t29-/m0/s1. The maximum Gasteiger partial charge on any atom is 0.338 e. The maximum absolute atomic E-state index is 14.2. The number of fused-ring (bicyclic) bond motifs is 1. The van der Waals surface area contributed by atoms with Crippen molar-refractivity contribution in [2.45, 2.75) is 33.4 Å². The Morgan fingerprint density at radius 1 is 1.09 bits per heavy atom. The molecule has 1 aliphatic rings. The minimum absolute atomic E-state index is 0.192. The van der Waals surface area contributed by atoms with Gasteiger partial charge < -0.3 is 18.9 Å². The summed E-state index contributed by atoms with van der Waals surface area (Å²) >= 11 is 11.1. The lowest BCUT2D eigenvalue weighted by Gasteiger charge is -2.24. The molecule has 0 N–H and O–H groups in total. The van der Waals surface area contributed by atoms with Crippen molar-refractivity contribution in [2.75, 3.05) is 20.3 Å². The minimum Gasteiger partial charge on any atom is -0.494 e. The van der Waals surface area contributed by atoms with Crippen LogP contribution in [0.3, 0.4) is 0 Å². The van der Waals surface area contributed by atoms with Crippen molar-refractivity contribution in [3.63, 3.8) is 0 Å². The molecule has 0 unspecified atom stereocenters. The number of methoxy groups -OCH3 is 1. The van der Waals surface area contributed by atoms with E-state index >= 15 is 0 Å². The number of allylic oxidation sites excluding steroid dienone is 1. The number of nitrogens with zero attached hydrogens (tertiary/aromatic N) is 2. The van der Waals surface area contributed by atoms with Gasteiger partial charge in [0.25, 0.3) is 5.56 Å². The second-order valence-electron chi connectivity index (χ2n) is 9.71. The molecule has 2 heterocycles. The van der Waals surface area contributed by atoms with Crippen molar-refractivity contribution >= 4 is 50.9 Å². The van der Waals surface area contributed by atoms with Gasteiger partial charge in [0.15, 0.2) is 16.3 Å². The van der Waals surface area contributed by atoms with E-state index in [4.69, 9.17) is 30.5 Å². The van der Waals surface area contributed by atoms with Gasteiger partial charge in [-0.2, -0.15) is 0 Å². The highest BCUT2D eigenvalue weighted by atomic mass is 79.9. The molecule has 0 aliphatic carbocycles. The van der Waals surface area contributed by atoms with Crippen LogP contribution in [0.15, 0.2) is 86.2 Å². The highest BCUT2D eigenvalue weighted by Crippen LogP contribution is 2.37. The number of ether oxygens (including phenoxy) is 4. The second-order valence-corrected chi connectivity index (χ2v) is 12.0. The van der Waals surface area contributed by atoms with E-state index in [0.29, 0.717) is 55.0 Å². The zero-order chi connectivity index (χ0) is 31.4. The summed E-state index contributed by atoms with van der Waals surface area (Å²) in [5.41, 5.74) is 2.64.